The lowest BCUT2D eigenvalue weighted by Gasteiger charge is -2.10. The van der Waals surface area contributed by atoms with E-state index in [0.717, 1.165) is 10.5 Å². The third-order valence-corrected chi connectivity index (χ3v) is 6.75. The lowest BCUT2D eigenvalue weighted by molar-refractivity contribution is -0.115. The molecule has 0 atom stereocenters. The van der Waals surface area contributed by atoms with Crippen LogP contribution in [-0.4, -0.2) is 20.1 Å². The van der Waals surface area contributed by atoms with Gasteiger partial charge in [-0.25, -0.2) is 8.42 Å². The van der Waals surface area contributed by atoms with Crippen molar-refractivity contribution >= 4 is 39.1 Å². The van der Waals surface area contributed by atoms with E-state index < -0.39 is 10.0 Å². The second-order valence-corrected chi connectivity index (χ2v) is 9.81. The molecule has 0 unspecified atom stereocenters. The van der Waals surface area contributed by atoms with Crippen LogP contribution in [0.1, 0.15) is 17.5 Å². The van der Waals surface area contributed by atoms with Gasteiger partial charge in [-0.1, -0.05) is 29.8 Å². The van der Waals surface area contributed by atoms with Gasteiger partial charge < -0.3 is 5.32 Å². The van der Waals surface area contributed by atoms with Crippen LogP contribution in [0, 0.1) is 13.8 Å². The molecular formula is C23H24N2O3S2. The van der Waals surface area contributed by atoms with E-state index in [1.165, 1.54) is 17.7 Å². The molecule has 1 amide bonds. The minimum atomic E-state index is -3.69. The summed E-state index contributed by atoms with van der Waals surface area (Å²) in [5, 5.41) is 2.81. The van der Waals surface area contributed by atoms with Crippen LogP contribution in [0.2, 0.25) is 0 Å². The normalized spacial score (nSPS) is 11.1. The van der Waals surface area contributed by atoms with E-state index >= 15 is 0 Å². The summed E-state index contributed by atoms with van der Waals surface area (Å²) in [5.41, 5.74) is 3.25. The Labute approximate surface area is 182 Å². The van der Waals surface area contributed by atoms with Gasteiger partial charge in [0, 0.05) is 28.4 Å². The van der Waals surface area contributed by atoms with E-state index in [-0.39, 0.29) is 10.8 Å². The van der Waals surface area contributed by atoms with Crippen LogP contribution in [0.15, 0.2) is 82.6 Å². The van der Waals surface area contributed by atoms with Crippen LogP contribution >= 0.6 is 11.8 Å². The van der Waals surface area contributed by atoms with Gasteiger partial charge in [-0.2, -0.15) is 0 Å². The average molecular weight is 441 g/mol. The first-order valence-corrected chi connectivity index (χ1v) is 12.0. The molecule has 3 rings (SSSR count). The molecule has 0 radical (unpaired) electrons. The second kappa shape index (κ2) is 9.82. The highest BCUT2D eigenvalue weighted by molar-refractivity contribution is 7.99. The zero-order chi connectivity index (χ0) is 21.6. The molecule has 156 valence electrons. The number of carbonyl (C=O) groups excluding carboxylic acids is 1. The van der Waals surface area contributed by atoms with Gasteiger partial charge in [0.1, 0.15) is 0 Å². The molecule has 0 aliphatic heterocycles. The molecule has 30 heavy (non-hydrogen) atoms. The van der Waals surface area contributed by atoms with Crippen molar-refractivity contribution < 1.29 is 13.2 Å². The number of aryl methyl sites for hydroxylation is 2. The Balaban J connectivity index is 1.53. The molecule has 5 nitrogen and oxygen atoms in total. The third kappa shape index (κ3) is 6.37. The fraction of sp³-hybridized carbons (Fsp3) is 0.174. The maximum Gasteiger partial charge on any atom is 0.261 e. The maximum absolute atomic E-state index is 12.5. The van der Waals surface area contributed by atoms with Gasteiger partial charge in [-0.15, -0.1) is 11.8 Å². The lowest BCUT2D eigenvalue weighted by atomic mass is 10.2. The Hall–Kier alpha value is -2.77. The van der Waals surface area contributed by atoms with E-state index in [1.807, 2.05) is 44.2 Å². The highest BCUT2D eigenvalue weighted by Crippen LogP contribution is 2.21. The van der Waals surface area contributed by atoms with Gasteiger partial charge in [0.2, 0.25) is 5.91 Å². The van der Waals surface area contributed by atoms with Crippen LogP contribution in [-0.2, 0) is 14.8 Å². The molecule has 0 aliphatic rings. The number of benzene rings is 3. The first-order valence-electron chi connectivity index (χ1n) is 9.51. The van der Waals surface area contributed by atoms with Crippen LogP contribution in [0.4, 0.5) is 11.4 Å². The highest BCUT2D eigenvalue weighted by atomic mass is 32.2. The van der Waals surface area contributed by atoms with Crippen molar-refractivity contribution in [1.82, 2.24) is 0 Å². The molecule has 0 spiro atoms. The Morgan fingerprint density at radius 3 is 2.23 bits per heavy atom. The molecule has 0 bridgehead atoms. The topological polar surface area (TPSA) is 75.3 Å². The average Bonchev–Trinajstić information content (AvgIpc) is 2.69. The predicted molar refractivity (Wildman–Crippen MR) is 124 cm³/mol. The predicted octanol–water partition coefficient (Wildman–Crippen LogP) is 5.23. The smallest absolute Gasteiger partial charge is 0.261 e. The Bertz CT molecular complexity index is 1110. The fourth-order valence-electron chi connectivity index (χ4n) is 2.76. The third-order valence-electron chi connectivity index (χ3n) is 4.34. The minimum absolute atomic E-state index is 0.108. The number of sulfonamides is 1. The Kier molecular flexibility index (Phi) is 7.18. The van der Waals surface area contributed by atoms with Crippen molar-refractivity contribution in [1.29, 1.82) is 0 Å². The molecule has 3 aromatic rings. The molecule has 0 saturated carbocycles. The quantitative estimate of drug-likeness (QED) is 0.471. The number of hydrogen-bond acceptors (Lipinski definition) is 4. The van der Waals surface area contributed by atoms with Gasteiger partial charge in [0.05, 0.1) is 4.90 Å². The number of hydrogen-bond donors (Lipinski definition) is 2. The summed E-state index contributed by atoms with van der Waals surface area (Å²) in [5.74, 6) is 0.560. The van der Waals surface area contributed by atoms with Gasteiger partial charge in [0.25, 0.3) is 10.0 Å². The molecule has 7 heteroatoms. The number of nitrogens with one attached hydrogen (secondary N) is 2. The molecule has 3 aromatic carbocycles. The molecule has 0 saturated heterocycles. The largest absolute Gasteiger partial charge is 0.326 e. The number of carbonyl (C=O) groups is 1. The highest BCUT2D eigenvalue weighted by Gasteiger charge is 2.14. The second-order valence-electron chi connectivity index (χ2n) is 6.96. The minimum Gasteiger partial charge on any atom is -0.326 e. The van der Waals surface area contributed by atoms with E-state index in [9.17, 15) is 13.2 Å². The summed E-state index contributed by atoms with van der Waals surface area (Å²) in [6.45, 7) is 3.94. The first kappa shape index (κ1) is 21.9. The first-order chi connectivity index (χ1) is 14.3. The van der Waals surface area contributed by atoms with Crippen molar-refractivity contribution in [3.63, 3.8) is 0 Å². The zero-order valence-electron chi connectivity index (χ0n) is 16.9. The van der Waals surface area contributed by atoms with Crippen molar-refractivity contribution in [2.45, 2.75) is 30.1 Å². The maximum atomic E-state index is 12.5. The Morgan fingerprint density at radius 2 is 1.57 bits per heavy atom. The SMILES string of the molecule is Cc1ccc(SCCC(=O)Nc2ccc(S(=O)(=O)Nc3cccc(C)c3)cc2)cc1. The van der Waals surface area contributed by atoms with E-state index in [4.69, 9.17) is 0 Å². The molecular weight excluding hydrogens is 416 g/mol. The Morgan fingerprint density at radius 1 is 0.867 bits per heavy atom. The van der Waals surface area contributed by atoms with Gasteiger partial charge >= 0.3 is 0 Å². The van der Waals surface area contributed by atoms with Gasteiger partial charge in [0.15, 0.2) is 0 Å². The van der Waals surface area contributed by atoms with Crippen LogP contribution in [0.5, 0.6) is 0 Å². The standard InChI is InChI=1S/C23H24N2O3S2/c1-17-6-10-21(11-7-17)29-15-14-23(26)24-19-8-12-22(13-9-19)30(27,28)25-20-5-3-4-18(2)16-20/h3-13,16,25H,14-15H2,1-2H3,(H,24,26). The molecule has 0 fully saturated rings. The fourth-order valence-corrected chi connectivity index (χ4v) is 4.66. The van der Waals surface area contributed by atoms with E-state index in [1.54, 1.807) is 42.1 Å². The van der Waals surface area contributed by atoms with Crippen molar-refractivity contribution in [3.8, 4) is 0 Å². The van der Waals surface area contributed by atoms with Crippen molar-refractivity contribution in [2.75, 3.05) is 15.8 Å². The number of amides is 1. The van der Waals surface area contributed by atoms with E-state index in [2.05, 4.69) is 10.0 Å². The number of thioether (sulfide) groups is 1. The molecule has 2 N–H and O–H groups in total. The van der Waals surface area contributed by atoms with Crippen molar-refractivity contribution in [3.05, 3.63) is 83.9 Å². The van der Waals surface area contributed by atoms with Crippen LogP contribution in [0.25, 0.3) is 0 Å². The molecule has 0 heterocycles. The number of anilines is 2. The number of rotatable bonds is 8. The lowest BCUT2D eigenvalue weighted by Crippen LogP contribution is -2.14. The van der Waals surface area contributed by atoms with Gasteiger partial charge in [-0.3, -0.25) is 9.52 Å². The monoisotopic (exact) mass is 440 g/mol. The van der Waals surface area contributed by atoms with Crippen molar-refractivity contribution in [2.24, 2.45) is 0 Å². The summed E-state index contributed by atoms with van der Waals surface area (Å²) in [4.78, 5) is 13.4. The zero-order valence-corrected chi connectivity index (χ0v) is 18.5. The summed E-state index contributed by atoms with van der Waals surface area (Å²) in [6, 6.07) is 21.5. The van der Waals surface area contributed by atoms with Crippen LogP contribution in [0.3, 0.4) is 0 Å². The summed E-state index contributed by atoms with van der Waals surface area (Å²) >= 11 is 1.63. The summed E-state index contributed by atoms with van der Waals surface area (Å²) < 4.78 is 27.6. The van der Waals surface area contributed by atoms with Gasteiger partial charge in [-0.05, 0) is 67.9 Å². The summed E-state index contributed by atoms with van der Waals surface area (Å²) in [6.07, 6.45) is 0.369. The molecule has 0 aliphatic carbocycles. The summed E-state index contributed by atoms with van der Waals surface area (Å²) in [7, 11) is -3.69. The van der Waals surface area contributed by atoms with Crippen LogP contribution < -0.4 is 10.0 Å². The molecule has 0 aromatic heterocycles. The van der Waals surface area contributed by atoms with E-state index in [0.29, 0.717) is 23.5 Å².